The molecule has 6 nitrogen and oxygen atoms in total. The van der Waals surface area contributed by atoms with E-state index in [1.165, 1.54) is 0 Å². The largest absolute Gasteiger partial charge is 0.481 e. The Morgan fingerprint density at radius 1 is 1.71 bits per heavy atom. The summed E-state index contributed by atoms with van der Waals surface area (Å²) in [5, 5.41) is 12.7. The predicted octanol–water partition coefficient (Wildman–Crippen LogP) is 1.73. The lowest BCUT2D eigenvalue weighted by Crippen LogP contribution is -2.08. The molecule has 1 heterocycles. The van der Waals surface area contributed by atoms with Crippen LogP contribution in [0.4, 0.5) is 0 Å². The molecule has 0 aromatic carbocycles. The predicted molar refractivity (Wildman–Crippen MR) is 59.7 cm³/mol. The highest BCUT2D eigenvalue weighted by Gasteiger charge is 2.36. The van der Waals surface area contributed by atoms with Gasteiger partial charge in [0.05, 0.1) is 0 Å². The van der Waals surface area contributed by atoms with Crippen LogP contribution in [-0.4, -0.2) is 33.6 Å². The summed E-state index contributed by atoms with van der Waals surface area (Å²) in [5.74, 6) is 0.0232. The molecule has 0 radical (unpaired) electrons. The molecule has 2 rings (SSSR count). The van der Waals surface area contributed by atoms with Crippen LogP contribution in [0, 0.1) is 5.92 Å². The highest BCUT2D eigenvalue weighted by Crippen LogP contribution is 2.42. The maximum atomic E-state index is 10.4. The van der Waals surface area contributed by atoms with E-state index in [1.54, 1.807) is 0 Å². The van der Waals surface area contributed by atoms with Crippen LogP contribution in [0.5, 0.6) is 0 Å². The number of ether oxygens (including phenoxy) is 1. The molecule has 1 aliphatic carbocycles. The lowest BCUT2D eigenvalue weighted by molar-refractivity contribution is -0.133. The van der Waals surface area contributed by atoms with E-state index in [0.717, 1.165) is 24.6 Å². The molecule has 0 bridgehead atoms. The zero-order valence-electron chi connectivity index (χ0n) is 9.46. The molecule has 94 valence electrons. The molecule has 1 saturated carbocycles. The summed E-state index contributed by atoms with van der Waals surface area (Å²) in [6, 6.07) is 0. The van der Waals surface area contributed by atoms with Gasteiger partial charge < -0.3 is 14.4 Å². The maximum absolute atomic E-state index is 10.4. The second kappa shape index (κ2) is 5.50. The maximum Gasteiger partial charge on any atom is 0.314 e. The van der Waals surface area contributed by atoms with Gasteiger partial charge in [0, 0.05) is 6.61 Å². The molecule has 1 atom stereocenters. The van der Waals surface area contributed by atoms with Crippen molar-refractivity contribution in [1.82, 2.24) is 10.1 Å². The SMILES string of the molecule is CCOC(c1noc(SCC(=O)O)n1)C1CC1. The van der Waals surface area contributed by atoms with Crippen LogP contribution < -0.4 is 0 Å². The Morgan fingerprint density at radius 2 is 2.47 bits per heavy atom. The van der Waals surface area contributed by atoms with E-state index in [9.17, 15) is 4.79 Å². The van der Waals surface area contributed by atoms with Gasteiger partial charge >= 0.3 is 5.97 Å². The Morgan fingerprint density at radius 3 is 3.06 bits per heavy atom. The summed E-state index contributed by atoms with van der Waals surface area (Å²) >= 11 is 1.02. The van der Waals surface area contributed by atoms with E-state index in [2.05, 4.69) is 10.1 Å². The van der Waals surface area contributed by atoms with Crippen LogP contribution in [0.25, 0.3) is 0 Å². The Hall–Kier alpha value is -1.08. The summed E-state index contributed by atoms with van der Waals surface area (Å²) in [7, 11) is 0. The molecule has 0 spiro atoms. The zero-order chi connectivity index (χ0) is 12.3. The number of hydrogen-bond donors (Lipinski definition) is 1. The summed E-state index contributed by atoms with van der Waals surface area (Å²) in [5.41, 5.74) is 0. The van der Waals surface area contributed by atoms with Gasteiger partial charge in [-0.2, -0.15) is 4.98 Å². The van der Waals surface area contributed by atoms with Crippen molar-refractivity contribution in [2.75, 3.05) is 12.4 Å². The van der Waals surface area contributed by atoms with E-state index in [0.29, 0.717) is 18.3 Å². The monoisotopic (exact) mass is 258 g/mol. The van der Waals surface area contributed by atoms with Crippen molar-refractivity contribution in [2.24, 2.45) is 5.92 Å². The number of aliphatic carboxylic acids is 1. The fourth-order valence-corrected chi connectivity index (χ4v) is 2.01. The van der Waals surface area contributed by atoms with E-state index in [1.807, 2.05) is 6.92 Å². The first-order valence-electron chi connectivity index (χ1n) is 5.50. The third-order valence-corrected chi connectivity index (χ3v) is 3.20. The number of aromatic nitrogens is 2. The molecule has 1 fully saturated rings. The molecule has 1 unspecified atom stereocenters. The molecular weight excluding hydrogens is 244 g/mol. The normalized spacial score (nSPS) is 17.0. The molecule has 1 aliphatic rings. The van der Waals surface area contributed by atoms with Crippen LogP contribution >= 0.6 is 11.8 Å². The summed E-state index contributed by atoms with van der Waals surface area (Å²) in [4.78, 5) is 14.6. The number of carboxylic acid groups (broad SMARTS) is 1. The van der Waals surface area contributed by atoms with Gasteiger partial charge in [-0.25, -0.2) is 0 Å². The molecule has 7 heteroatoms. The van der Waals surface area contributed by atoms with Gasteiger partial charge in [0.2, 0.25) is 5.82 Å². The molecule has 0 aliphatic heterocycles. The minimum atomic E-state index is -0.904. The van der Waals surface area contributed by atoms with Gasteiger partial charge in [-0.15, -0.1) is 0 Å². The van der Waals surface area contributed by atoms with Gasteiger partial charge in [-0.3, -0.25) is 4.79 Å². The third kappa shape index (κ3) is 3.44. The van der Waals surface area contributed by atoms with Gasteiger partial charge in [0.15, 0.2) is 0 Å². The molecule has 1 aromatic heterocycles. The van der Waals surface area contributed by atoms with Crippen molar-refractivity contribution < 1.29 is 19.2 Å². The van der Waals surface area contributed by atoms with Crippen LogP contribution in [0.15, 0.2) is 9.75 Å². The molecule has 1 N–H and O–H groups in total. The van der Waals surface area contributed by atoms with E-state index >= 15 is 0 Å². The Kier molecular flexibility index (Phi) is 4.01. The first-order valence-corrected chi connectivity index (χ1v) is 6.49. The first kappa shape index (κ1) is 12.4. The zero-order valence-corrected chi connectivity index (χ0v) is 10.3. The van der Waals surface area contributed by atoms with Crippen LogP contribution in [-0.2, 0) is 9.53 Å². The molecule has 0 amide bonds. The van der Waals surface area contributed by atoms with E-state index in [-0.39, 0.29) is 17.1 Å². The van der Waals surface area contributed by atoms with Crippen molar-refractivity contribution in [3.05, 3.63) is 5.82 Å². The van der Waals surface area contributed by atoms with Crippen molar-refractivity contribution in [1.29, 1.82) is 0 Å². The van der Waals surface area contributed by atoms with Crippen molar-refractivity contribution in [2.45, 2.75) is 31.1 Å². The average molecular weight is 258 g/mol. The fourth-order valence-electron chi connectivity index (χ4n) is 1.52. The number of rotatable bonds is 7. The van der Waals surface area contributed by atoms with Gasteiger partial charge in [-0.1, -0.05) is 16.9 Å². The lowest BCUT2D eigenvalue weighted by atomic mass is 10.2. The van der Waals surface area contributed by atoms with Crippen LogP contribution in [0.3, 0.4) is 0 Å². The second-order valence-corrected chi connectivity index (χ2v) is 4.74. The van der Waals surface area contributed by atoms with Crippen LogP contribution in [0.2, 0.25) is 0 Å². The Labute approximate surface area is 103 Å². The first-order chi connectivity index (χ1) is 8.20. The molecule has 0 saturated heterocycles. The number of thioether (sulfide) groups is 1. The van der Waals surface area contributed by atoms with Crippen molar-refractivity contribution in [3.8, 4) is 0 Å². The summed E-state index contributed by atoms with van der Waals surface area (Å²) in [6.45, 7) is 2.53. The third-order valence-electron chi connectivity index (χ3n) is 2.39. The minimum Gasteiger partial charge on any atom is -0.481 e. The van der Waals surface area contributed by atoms with Crippen molar-refractivity contribution in [3.63, 3.8) is 0 Å². The van der Waals surface area contributed by atoms with Gasteiger partial charge in [-0.05, 0) is 25.7 Å². The standard InChI is InChI=1S/C10H14N2O4S/c1-2-15-8(6-3-4-6)9-11-10(16-12-9)17-5-7(13)14/h6,8H,2-5H2,1H3,(H,13,14). The summed E-state index contributed by atoms with van der Waals surface area (Å²) < 4.78 is 10.6. The fraction of sp³-hybridized carbons (Fsp3) is 0.700. The number of carboxylic acids is 1. The molecular formula is C10H14N2O4S. The van der Waals surface area contributed by atoms with Crippen molar-refractivity contribution >= 4 is 17.7 Å². The van der Waals surface area contributed by atoms with Crippen LogP contribution in [0.1, 0.15) is 31.7 Å². The molecule has 1 aromatic rings. The van der Waals surface area contributed by atoms with E-state index < -0.39 is 5.97 Å². The second-order valence-electron chi connectivity index (χ2n) is 3.81. The topological polar surface area (TPSA) is 85.5 Å². The Balaban J connectivity index is 1.97. The quantitative estimate of drug-likeness (QED) is 0.745. The average Bonchev–Trinajstić information content (AvgIpc) is 3.02. The Bertz CT molecular complexity index is 391. The highest BCUT2D eigenvalue weighted by molar-refractivity contribution is 7.99. The number of carbonyl (C=O) groups is 1. The smallest absolute Gasteiger partial charge is 0.314 e. The van der Waals surface area contributed by atoms with E-state index in [4.69, 9.17) is 14.4 Å². The number of hydrogen-bond acceptors (Lipinski definition) is 6. The minimum absolute atomic E-state index is 0.0790. The highest BCUT2D eigenvalue weighted by atomic mass is 32.2. The van der Waals surface area contributed by atoms with Gasteiger partial charge in [0.1, 0.15) is 11.9 Å². The summed E-state index contributed by atoms with van der Waals surface area (Å²) in [6.07, 6.45) is 2.14. The number of nitrogens with zero attached hydrogens (tertiary/aromatic N) is 2. The lowest BCUT2D eigenvalue weighted by Gasteiger charge is -2.10. The van der Waals surface area contributed by atoms with Gasteiger partial charge in [0.25, 0.3) is 5.22 Å². The molecule has 17 heavy (non-hydrogen) atoms.